The molecule has 0 bridgehead atoms. The summed E-state index contributed by atoms with van der Waals surface area (Å²) in [4.78, 5) is 42.2. The molecule has 0 saturated carbocycles. The third-order valence-corrected chi connectivity index (χ3v) is 9.29. The highest BCUT2D eigenvalue weighted by atomic mass is 32.2. The van der Waals surface area contributed by atoms with E-state index in [-0.39, 0.29) is 13.2 Å². The molecule has 0 saturated heterocycles. The molecule has 0 spiro atoms. The molecule has 5 rings (SSSR count). The number of aryl methyl sites for hydroxylation is 1. The van der Waals surface area contributed by atoms with E-state index in [1.54, 1.807) is 34.6 Å². The number of thiophene rings is 2. The summed E-state index contributed by atoms with van der Waals surface area (Å²) >= 11 is 4.69. The van der Waals surface area contributed by atoms with Crippen molar-refractivity contribution < 1.29 is 9.53 Å². The smallest absolute Gasteiger partial charge is 0.332 e. The Bertz CT molecular complexity index is 1730. The van der Waals surface area contributed by atoms with Gasteiger partial charge in [0.25, 0.3) is 5.56 Å². The first-order chi connectivity index (χ1) is 18.4. The van der Waals surface area contributed by atoms with E-state index in [0.29, 0.717) is 10.2 Å². The fourth-order valence-electron chi connectivity index (χ4n) is 4.53. The summed E-state index contributed by atoms with van der Waals surface area (Å²) in [5, 5.41) is 4.61. The van der Waals surface area contributed by atoms with Crippen molar-refractivity contribution in [3.8, 4) is 21.6 Å². The number of ether oxygens (including phenoxy) is 1. The van der Waals surface area contributed by atoms with Gasteiger partial charge in [0.1, 0.15) is 11.4 Å². The molecule has 0 N–H and O–H groups in total. The second-order valence-corrected chi connectivity index (χ2v) is 11.3. The largest absolute Gasteiger partial charge is 0.465 e. The molecule has 194 valence electrons. The van der Waals surface area contributed by atoms with Crippen LogP contribution in [0.5, 0.6) is 0 Å². The van der Waals surface area contributed by atoms with Gasteiger partial charge in [-0.3, -0.25) is 14.2 Å². The van der Waals surface area contributed by atoms with E-state index in [4.69, 9.17) is 4.74 Å². The number of hydrogen-bond donors (Lipinski definition) is 0. The molecule has 2 aromatic carbocycles. The van der Waals surface area contributed by atoms with Crippen molar-refractivity contribution in [2.24, 2.45) is 0 Å². The number of fused-ring (bicyclic) bond motifs is 1. The number of aromatic nitrogens is 2. The van der Waals surface area contributed by atoms with E-state index >= 15 is 0 Å². The van der Waals surface area contributed by atoms with E-state index in [0.717, 1.165) is 42.2 Å². The monoisotopic (exact) mass is 562 g/mol. The summed E-state index contributed by atoms with van der Waals surface area (Å²) in [6.45, 7) is 3.63. The van der Waals surface area contributed by atoms with Gasteiger partial charge < -0.3 is 4.74 Å². The van der Waals surface area contributed by atoms with Crippen molar-refractivity contribution in [2.45, 2.75) is 31.8 Å². The Hall–Kier alpha value is -3.40. The van der Waals surface area contributed by atoms with Gasteiger partial charge in [0.2, 0.25) is 0 Å². The quantitative estimate of drug-likeness (QED) is 0.165. The normalized spacial score (nSPS) is 11.2. The summed E-state index contributed by atoms with van der Waals surface area (Å²) < 4.78 is 7.68. The Morgan fingerprint density at radius 3 is 2.39 bits per heavy atom. The van der Waals surface area contributed by atoms with Gasteiger partial charge in [0.05, 0.1) is 18.5 Å². The maximum absolute atomic E-state index is 13.7. The maximum atomic E-state index is 13.7. The second-order valence-electron chi connectivity index (χ2n) is 8.70. The molecule has 6 nitrogen and oxygen atoms in total. The zero-order chi connectivity index (χ0) is 26.8. The molecule has 0 atom stereocenters. The number of rotatable bonds is 8. The van der Waals surface area contributed by atoms with Crippen molar-refractivity contribution in [3.05, 3.63) is 97.3 Å². The Kier molecular flexibility index (Phi) is 7.69. The zero-order valence-electron chi connectivity index (χ0n) is 21.2. The maximum Gasteiger partial charge on any atom is 0.332 e. The Balaban J connectivity index is 1.70. The van der Waals surface area contributed by atoms with Crippen LogP contribution in [0.1, 0.15) is 18.1 Å². The molecule has 0 radical (unpaired) electrons. The number of benzene rings is 2. The first kappa shape index (κ1) is 26.2. The summed E-state index contributed by atoms with van der Waals surface area (Å²) in [5.74, 6) is -0.612. The lowest BCUT2D eigenvalue weighted by molar-refractivity contribution is -0.143. The number of carbonyl (C=O) groups is 1. The molecule has 0 fully saturated rings. The molecular weight excluding hydrogens is 537 g/mol. The highest BCUT2D eigenvalue weighted by molar-refractivity contribution is 7.98. The molecule has 3 aromatic heterocycles. The Labute approximate surface area is 232 Å². The molecule has 0 unspecified atom stereocenters. The highest BCUT2D eigenvalue weighted by Crippen LogP contribution is 2.37. The number of nitrogens with zero attached hydrogens (tertiary/aromatic N) is 2. The van der Waals surface area contributed by atoms with Crippen LogP contribution in [-0.4, -0.2) is 28.0 Å². The SMILES string of the molecule is CCOC(=O)Cn1c(=O)c2c(C)c(-c3ccc(-c4ccsc4)cc3)sc2n(Cc2ccccc2SC)c1=O. The van der Waals surface area contributed by atoms with Gasteiger partial charge in [-0.15, -0.1) is 23.1 Å². The first-order valence-corrected chi connectivity index (χ1v) is 15.1. The third-order valence-electron chi connectivity index (χ3n) is 6.41. The lowest BCUT2D eigenvalue weighted by Crippen LogP contribution is -2.42. The van der Waals surface area contributed by atoms with E-state index < -0.39 is 23.8 Å². The van der Waals surface area contributed by atoms with Crippen LogP contribution >= 0.6 is 34.4 Å². The van der Waals surface area contributed by atoms with Crippen LogP contribution in [0.2, 0.25) is 0 Å². The van der Waals surface area contributed by atoms with Gasteiger partial charge in [-0.2, -0.15) is 11.3 Å². The van der Waals surface area contributed by atoms with Crippen molar-refractivity contribution in [2.75, 3.05) is 12.9 Å². The van der Waals surface area contributed by atoms with Crippen LogP contribution in [0.4, 0.5) is 0 Å². The van der Waals surface area contributed by atoms with Gasteiger partial charge in [0, 0.05) is 9.77 Å². The molecule has 5 aromatic rings. The van der Waals surface area contributed by atoms with E-state index in [2.05, 4.69) is 29.0 Å². The first-order valence-electron chi connectivity index (χ1n) is 12.1. The van der Waals surface area contributed by atoms with E-state index in [1.165, 1.54) is 11.3 Å². The lowest BCUT2D eigenvalue weighted by Gasteiger charge is -2.13. The fraction of sp³-hybridized carbons (Fsp3) is 0.207. The molecule has 0 aliphatic heterocycles. The number of carbonyl (C=O) groups excluding carboxylic acids is 1. The summed E-state index contributed by atoms with van der Waals surface area (Å²) in [6, 6.07) is 18.2. The molecule has 9 heteroatoms. The second kappa shape index (κ2) is 11.1. The third kappa shape index (κ3) is 4.89. The molecule has 0 aliphatic carbocycles. The van der Waals surface area contributed by atoms with Gasteiger partial charge in [-0.25, -0.2) is 9.36 Å². The van der Waals surface area contributed by atoms with Gasteiger partial charge in [-0.1, -0.05) is 42.5 Å². The average Bonchev–Trinajstić information content (AvgIpc) is 3.58. The number of hydrogen-bond acceptors (Lipinski definition) is 7. The van der Waals surface area contributed by atoms with Gasteiger partial charge in [-0.05, 0) is 70.8 Å². The van der Waals surface area contributed by atoms with E-state index in [9.17, 15) is 14.4 Å². The number of esters is 1. The molecule has 38 heavy (non-hydrogen) atoms. The van der Waals surface area contributed by atoms with Crippen LogP contribution in [-0.2, 0) is 22.6 Å². The highest BCUT2D eigenvalue weighted by Gasteiger charge is 2.23. The average molecular weight is 563 g/mol. The van der Waals surface area contributed by atoms with Crippen LogP contribution in [0, 0.1) is 6.92 Å². The Morgan fingerprint density at radius 1 is 0.974 bits per heavy atom. The van der Waals surface area contributed by atoms with Crippen molar-refractivity contribution in [3.63, 3.8) is 0 Å². The predicted molar refractivity (Wildman–Crippen MR) is 158 cm³/mol. The summed E-state index contributed by atoms with van der Waals surface area (Å²) in [7, 11) is 0. The minimum atomic E-state index is -0.612. The fourth-order valence-corrected chi connectivity index (χ4v) is 7.10. The Morgan fingerprint density at radius 2 is 1.71 bits per heavy atom. The van der Waals surface area contributed by atoms with Crippen LogP contribution in [0.25, 0.3) is 31.8 Å². The summed E-state index contributed by atoms with van der Waals surface area (Å²) in [6.07, 6.45) is 1.99. The van der Waals surface area contributed by atoms with Crippen LogP contribution < -0.4 is 11.2 Å². The number of thioether (sulfide) groups is 1. The standard InChI is InChI=1S/C29H26N2O4S3/c1-4-35-24(32)16-30-27(33)25-18(2)26(20-11-9-19(10-12-20)22-13-14-37-17-22)38-28(25)31(29(30)34)15-21-7-5-6-8-23(21)36-3/h5-14,17H,4,15-16H2,1-3H3. The van der Waals surface area contributed by atoms with Gasteiger partial charge in [0.15, 0.2) is 0 Å². The predicted octanol–water partition coefficient (Wildman–Crippen LogP) is 6.26. The molecular formula is C29H26N2O4S3. The molecule has 0 amide bonds. The lowest BCUT2D eigenvalue weighted by atomic mass is 10.0. The van der Waals surface area contributed by atoms with Crippen molar-refractivity contribution >= 4 is 50.6 Å². The van der Waals surface area contributed by atoms with Crippen LogP contribution in [0.3, 0.4) is 0 Å². The van der Waals surface area contributed by atoms with Crippen molar-refractivity contribution in [1.29, 1.82) is 0 Å². The minimum Gasteiger partial charge on any atom is -0.465 e. The minimum absolute atomic E-state index is 0.175. The van der Waals surface area contributed by atoms with Crippen molar-refractivity contribution in [1.82, 2.24) is 9.13 Å². The summed E-state index contributed by atoms with van der Waals surface area (Å²) in [5.41, 5.74) is 4.03. The topological polar surface area (TPSA) is 70.3 Å². The zero-order valence-corrected chi connectivity index (χ0v) is 23.7. The van der Waals surface area contributed by atoms with Crippen LogP contribution in [0.15, 0.2) is 79.8 Å². The molecule has 0 aliphatic rings. The van der Waals surface area contributed by atoms with E-state index in [1.807, 2.05) is 49.6 Å². The molecule has 3 heterocycles. The van der Waals surface area contributed by atoms with Gasteiger partial charge >= 0.3 is 11.7 Å².